The maximum Gasteiger partial charge on any atom is 0.410 e. The van der Waals surface area contributed by atoms with E-state index in [4.69, 9.17) is 15.3 Å². The van der Waals surface area contributed by atoms with E-state index in [0.29, 0.717) is 49.0 Å². The molecule has 2 fully saturated rings. The number of nitrogens with two attached hydrogens (primary N) is 1. The van der Waals surface area contributed by atoms with E-state index in [1.54, 1.807) is 68.4 Å². The Kier molecular flexibility index (Phi) is 23.8. The Morgan fingerprint density at radius 3 is 1.59 bits per heavy atom. The molecule has 10 rings (SSSR count). The number of carbonyl (C=O) groups is 11. The third-order valence-corrected chi connectivity index (χ3v) is 18.8. The molecule has 11 amide bonds. The predicted molar refractivity (Wildman–Crippen MR) is 375 cm³/mol. The predicted octanol–water partition coefficient (Wildman–Crippen LogP) is 4.71. The summed E-state index contributed by atoms with van der Waals surface area (Å²) in [6, 6.07) is 23.8. The van der Waals surface area contributed by atoms with Gasteiger partial charge in [0.25, 0.3) is 23.6 Å². The number of aromatic hydroxyl groups is 2. The van der Waals surface area contributed by atoms with E-state index in [2.05, 4.69) is 55.0 Å². The maximum absolute atomic E-state index is 14.5. The van der Waals surface area contributed by atoms with Crippen LogP contribution >= 0.6 is 0 Å². The topological polar surface area (TPSA) is 352 Å². The van der Waals surface area contributed by atoms with Crippen molar-refractivity contribution in [2.45, 2.75) is 84.4 Å². The normalized spacial score (nSPS) is 15.4. The SMILES string of the molecule is CC(=O)N(CCCN(CCN1C(=O)c2cccc3c(N4CCN(C)CC4)ccc(c23)C1=O)C(=O)OCc1ccc(NC(=O)[C@H](CCCNC(N)=O)NC(=O)[C@@H](NC(=O)CCCCC(=O)On2c(O)ccc2O)C(C)C)cc1)CCN1C(=O)c2cccc3c(N4CCN(C)CC4)ccc(c23)C1=O. The smallest absolute Gasteiger partial charge is 0.410 e. The minimum absolute atomic E-state index is 0.0101. The number of urea groups is 1. The number of piperazine rings is 2. The Hall–Kier alpha value is -10.8. The zero-order chi connectivity index (χ0) is 72.2. The number of carbonyl (C=O) groups excluding carboxylic acids is 11. The number of ether oxygens (including phenoxy) is 1. The third kappa shape index (κ3) is 17.4. The van der Waals surface area contributed by atoms with Crippen LogP contribution in [0.25, 0.3) is 21.5 Å². The van der Waals surface area contributed by atoms with Crippen LogP contribution in [-0.4, -0.2) is 234 Å². The third-order valence-electron chi connectivity index (χ3n) is 18.8. The number of hydrogen-bond acceptors (Lipinski definition) is 19. The number of hydrogen-bond donors (Lipinski definition) is 7. The number of nitrogens with one attached hydrogen (secondary N) is 4. The summed E-state index contributed by atoms with van der Waals surface area (Å²) in [6.45, 7) is 10.8. The highest BCUT2D eigenvalue weighted by molar-refractivity contribution is 6.28. The van der Waals surface area contributed by atoms with Gasteiger partial charge in [-0.1, -0.05) is 50.2 Å². The second-order valence-corrected chi connectivity index (χ2v) is 26.2. The molecule has 29 nitrogen and oxygen atoms in total. The van der Waals surface area contributed by atoms with E-state index in [-0.39, 0.29) is 103 Å². The van der Waals surface area contributed by atoms with Crippen molar-refractivity contribution < 1.29 is 72.5 Å². The lowest BCUT2D eigenvalue weighted by atomic mass is 9.92. The van der Waals surface area contributed by atoms with E-state index in [9.17, 15) is 63.0 Å². The Morgan fingerprint density at radius 1 is 0.574 bits per heavy atom. The van der Waals surface area contributed by atoms with Crippen LogP contribution in [0.4, 0.5) is 26.7 Å². The monoisotopic (exact) mass is 1390 g/mol. The van der Waals surface area contributed by atoms with Gasteiger partial charge in [-0.15, -0.1) is 4.73 Å². The van der Waals surface area contributed by atoms with Crippen LogP contribution in [0.15, 0.2) is 97.1 Å². The van der Waals surface area contributed by atoms with Gasteiger partial charge in [0, 0.05) is 191 Å². The summed E-state index contributed by atoms with van der Waals surface area (Å²) in [5.41, 5.74) is 9.44. The van der Waals surface area contributed by atoms with Crippen LogP contribution in [0, 0.1) is 5.92 Å². The molecule has 101 heavy (non-hydrogen) atoms. The van der Waals surface area contributed by atoms with Gasteiger partial charge in [-0.25, -0.2) is 14.4 Å². The number of likely N-dealkylation sites (N-methyl/N-ethyl adjacent to an activating group) is 2. The fourth-order valence-electron chi connectivity index (χ4n) is 13.1. The molecule has 0 unspecified atom stereocenters. The molecule has 536 valence electrons. The molecule has 0 aliphatic carbocycles. The van der Waals surface area contributed by atoms with Gasteiger partial charge in [-0.3, -0.25) is 48.2 Å². The first-order chi connectivity index (χ1) is 48.4. The van der Waals surface area contributed by atoms with Crippen molar-refractivity contribution in [2.24, 2.45) is 11.7 Å². The fourth-order valence-corrected chi connectivity index (χ4v) is 13.1. The zero-order valence-corrected chi connectivity index (χ0v) is 57.5. The molecule has 29 heteroatoms. The Labute approximate surface area is 584 Å². The van der Waals surface area contributed by atoms with Gasteiger partial charge in [-0.05, 0) is 106 Å². The molecule has 0 spiro atoms. The molecular formula is C72H88N14O15. The van der Waals surface area contributed by atoms with Crippen LogP contribution in [0.3, 0.4) is 0 Å². The number of rotatable bonds is 30. The number of primary amides is 1. The van der Waals surface area contributed by atoms with Crippen LogP contribution in [0.1, 0.15) is 113 Å². The number of imide groups is 2. The molecule has 4 aliphatic heterocycles. The second kappa shape index (κ2) is 32.9. The number of benzene rings is 5. The van der Waals surface area contributed by atoms with E-state index >= 15 is 0 Å². The first-order valence-corrected chi connectivity index (χ1v) is 34.2. The number of amides is 11. The minimum Gasteiger partial charge on any atom is -0.492 e. The van der Waals surface area contributed by atoms with E-state index in [1.165, 1.54) is 21.6 Å². The van der Waals surface area contributed by atoms with Gasteiger partial charge in [0.05, 0.1) is 0 Å². The average molecular weight is 1390 g/mol. The summed E-state index contributed by atoms with van der Waals surface area (Å²) in [7, 11) is 4.14. The summed E-state index contributed by atoms with van der Waals surface area (Å²) in [5, 5.41) is 33.0. The van der Waals surface area contributed by atoms with Crippen molar-refractivity contribution in [1.29, 1.82) is 0 Å². The lowest BCUT2D eigenvalue weighted by molar-refractivity contribution is -0.145. The average Bonchev–Trinajstić information content (AvgIpc) is 1.07. The fraction of sp³-hybridized carbons (Fsp3) is 0.431. The molecule has 8 N–H and O–H groups in total. The number of nitrogens with zero attached hydrogens (tertiary/aromatic N) is 9. The Morgan fingerprint density at radius 2 is 1.08 bits per heavy atom. The molecule has 1 aromatic heterocycles. The highest BCUT2D eigenvalue weighted by atomic mass is 16.7. The zero-order valence-electron chi connectivity index (χ0n) is 57.5. The minimum atomic E-state index is -1.17. The standard InChI is InChI=1S/C72H88N14O15/c1-45(2)64(77-58(88)17-6-7-18-61(91)101-86-59(89)27-28-60(86)90)66(93)76-55(16-10-29-74-71(73)98)65(92)75-48-21-19-47(20-22-48)44-100-72(99)83(41-43-85-68(95)52-15-9-13-50-57(82-38-34-79(5)35-39-82)26-24-54(63(50)52)70(85)97)31-11-30-80(46(3)87)40-42-84-67(94)51-14-8-12-49-56(81-36-32-78(4)33-37-81)25-23-53(62(49)51)69(84)96/h8-9,12-15,19-28,45,55,64,89-90H,6-7,10-11,16-18,29-44H2,1-5H3,(H,75,92)(H,76,93)(H,77,88)(H3,73,74,98)/t55-,64-/m0/s1. The Balaban J connectivity index is 0.784. The van der Waals surface area contributed by atoms with Crippen LogP contribution in [0.2, 0.25) is 0 Å². The van der Waals surface area contributed by atoms with E-state index < -0.39 is 89.2 Å². The summed E-state index contributed by atoms with van der Waals surface area (Å²) in [5.74, 6) is -6.29. The van der Waals surface area contributed by atoms with Crippen LogP contribution < -0.4 is 41.6 Å². The highest BCUT2D eigenvalue weighted by Gasteiger charge is 2.37. The molecule has 5 aromatic carbocycles. The van der Waals surface area contributed by atoms with Crippen molar-refractivity contribution >= 4 is 104 Å². The van der Waals surface area contributed by atoms with Crippen LogP contribution in [0.5, 0.6) is 11.8 Å². The number of anilines is 3. The quantitative estimate of drug-likeness (QED) is 0.0237. The van der Waals surface area contributed by atoms with Gasteiger partial charge >= 0.3 is 18.1 Å². The first-order valence-electron chi connectivity index (χ1n) is 34.2. The molecule has 2 saturated heterocycles. The Bertz CT molecular complexity index is 4060. The van der Waals surface area contributed by atoms with Gasteiger partial charge < -0.3 is 76.2 Å². The maximum atomic E-state index is 14.5. The molecular weight excluding hydrogens is 1300 g/mol. The van der Waals surface area contributed by atoms with Crippen molar-refractivity contribution in [3.05, 3.63) is 125 Å². The van der Waals surface area contributed by atoms with Crippen molar-refractivity contribution in [3.8, 4) is 11.8 Å². The molecule has 0 saturated carbocycles. The highest BCUT2D eigenvalue weighted by Crippen LogP contribution is 2.38. The van der Waals surface area contributed by atoms with Crippen molar-refractivity contribution in [2.75, 3.05) is 127 Å². The molecule has 0 bridgehead atoms. The largest absolute Gasteiger partial charge is 0.492 e. The molecule has 2 atom stereocenters. The van der Waals surface area contributed by atoms with E-state index in [1.807, 2.05) is 30.3 Å². The van der Waals surface area contributed by atoms with E-state index in [0.717, 1.165) is 91.5 Å². The van der Waals surface area contributed by atoms with Gasteiger partial charge in [0.1, 0.15) is 18.7 Å². The summed E-state index contributed by atoms with van der Waals surface area (Å²) >= 11 is 0. The lowest BCUT2D eigenvalue weighted by Crippen LogP contribution is -2.54. The summed E-state index contributed by atoms with van der Waals surface area (Å²) in [6.07, 6.45) is -0.164. The van der Waals surface area contributed by atoms with Crippen molar-refractivity contribution in [3.63, 3.8) is 0 Å². The molecule has 0 radical (unpaired) electrons. The summed E-state index contributed by atoms with van der Waals surface area (Å²) in [4.78, 5) is 169. The molecule has 6 aromatic rings. The van der Waals surface area contributed by atoms with Crippen LogP contribution in [-0.2, 0) is 35.3 Å². The summed E-state index contributed by atoms with van der Waals surface area (Å²) < 4.78 is 6.47. The van der Waals surface area contributed by atoms with Gasteiger partial charge in [-0.2, -0.15) is 0 Å². The molecule has 5 heterocycles. The van der Waals surface area contributed by atoms with Crippen molar-refractivity contribution in [1.82, 2.24) is 50.1 Å². The van der Waals surface area contributed by atoms with Gasteiger partial charge in [0.2, 0.25) is 35.4 Å². The first kappa shape index (κ1) is 72.9. The molecule has 4 aliphatic rings. The van der Waals surface area contributed by atoms with Gasteiger partial charge in [0.15, 0.2) is 0 Å². The number of unbranched alkanes of at least 4 members (excludes halogenated alkanes) is 1. The number of aromatic nitrogens is 1. The second-order valence-electron chi connectivity index (χ2n) is 26.2. The lowest BCUT2D eigenvalue weighted by Gasteiger charge is -2.36.